The summed E-state index contributed by atoms with van der Waals surface area (Å²) in [5.41, 5.74) is 2.72. The molecular weight excluding hydrogens is 222 g/mol. The molecule has 2 heteroatoms. The van der Waals surface area contributed by atoms with Gasteiger partial charge in [-0.1, -0.05) is 38.1 Å². The molecule has 0 aromatic heterocycles. The van der Waals surface area contributed by atoms with E-state index in [2.05, 4.69) is 50.4 Å². The second kappa shape index (κ2) is 7.55. The van der Waals surface area contributed by atoms with Crippen LogP contribution in [0.15, 0.2) is 24.3 Å². The van der Waals surface area contributed by atoms with E-state index in [0.717, 1.165) is 19.4 Å². The fraction of sp³-hybridized carbons (Fsp3) is 0.625. The Morgan fingerprint density at radius 1 is 1.06 bits per heavy atom. The molecule has 0 bridgehead atoms. The minimum absolute atomic E-state index is 0.224. The predicted molar refractivity (Wildman–Crippen MR) is 77.7 cm³/mol. The zero-order valence-electron chi connectivity index (χ0n) is 12.1. The van der Waals surface area contributed by atoms with Gasteiger partial charge in [-0.15, -0.1) is 0 Å². The van der Waals surface area contributed by atoms with E-state index in [1.165, 1.54) is 11.1 Å². The van der Waals surface area contributed by atoms with Gasteiger partial charge in [0.25, 0.3) is 0 Å². The molecule has 18 heavy (non-hydrogen) atoms. The lowest BCUT2D eigenvalue weighted by Gasteiger charge is -2.15. The first-order valence-electron chi connectivity index (χ1n) is 6.99. The number of rotatable bonds is 7. The van der Waals surface area contributed by atoms with Crippen molar-refractivity contribution in [3.8, 4) is 0 Å². The molecule has 1 aromatic carbocycles. The van der Waals surface area contributed by atoms with Crippen molar-refractivity contribution in [2.24, 2.45) is 5.92 Å². The Hall–Kier alpha value is -0.860. The Balaban J connectivity index is 2.46. The van der Waals surface area contributed by atoms with Gasteiger partial charge in [-0.25, -0.2) is 0 Å². The number of hydrogen-bond donors (Lipinski definition) is 2. The summed E-state index contributed by atoms with van der Waals surface area (Å²) in [6.07, 6.45) is 1.72. The maximum atomic E-state index is 9.22. The zero-order chi connectivity index (χ0) is 13.5. The molecule has 2 N–H and O–H groups in total. The minimum atomic E-state index is -0.224. The van der Waals surface area contributed by atoms with E-state index < -0.39 is 0 Å². The molecule has 0 fully saturated rings. The van der Waals surface area contributed by atoms with Crippen molar-refractivity contribution in [1.82, 2.24) is 5.32 Å². The van der Waals surface area contributed by atoms with Crippen LogP contribution in [0.25, 0.3) is 0 Å². The summed E-state index contributed by atoms with van der Waals surface area (Å²) < 4.78 is 0. The monoisotopic (exact) mass is 249 g/mol. The van der Waals surface area contributed by atoms with E-state index in [1.54, 1.807) is 0 Å². The van der Waals surface area contributed by atoms with Gasteiger partial charge in [-0.3, -0.25) is 0 Å². The predicted octanol–water partition coefficient (Wildman–Crippen LogP) is 3.31. The summed E-state index contributed by atoms with van der Waals surface area (Å²) in [4.78, 5) is 0. The first-order chi connectivity index (χ1) is 8.49. The Kier molecular flexibility index (Phi) is 6.37. The minimum Gasteiger partial charge on any atom is -0.393 e. The van der Waals surface area contributed by atoms with Crippen LogP contribution in [0.1, 0.15) is 51.3 Å². The number of aliphatic hydroxyl groups excluding tert-OH is 1. The molecule has 0 aliphatic heterocycles. The second-order valence-electron chi connectivity index (χ2n) is 5.65. The van der Waals surface area contributed by atoms with Crippen molar-refractivity contribution < 1.29 is 5.11 Å². The molecular formula is C16H27NO. The summed E-state index contributed by atoms with van der Waals surface area (Å²) in [6.45, 7) is 9.33. The maximum Gasteiger partial charge on any atom is 0.0524 e. The van der Waals surface area contributed by atoms with Crippen molar-refractivity contribution in [2.75, 3.05) is 6.54 Å². The van der Waals surface area contributed by atoms with Crippen LogP contribution < -0.4 is 5.32 Å². The van der Waals surface area contributed by atoms with Crippen molar-refractivity contribution in [1.29, 1.82) is 0 Å². The molecule has 1 rings (SSSR count). The van der Waals surface area contributed by atoms with Crippen LogP contribution in [0.2, 0.25) is 0 Å². The third-order valence-electron chi connectivity index (χ3n) is 3.14. The van der Waals surface area contributed by atoms with E-state index >= 15 is 0 Å². The smallest absolute Gasteiger partial charge is 0.0524 e. The highest BCUT2D eigenvalue weighted by atomic mass is 16.3. The van der Waals surface area contributed by atoms with Gasteiger partial charge in [0.15, 0.2) is 0 Å². The van der Waals surface area contributed by atoms with Gasteiger partial charge in [0.2, 0.25) is 0 Å². The lowest BCUT2D eigenvalue weighted by Crippen LogP contribution is -2.22. The van der Waals surface area contributed by atoms with E-state index in [9.17, 15) is 5.11 Å². The summed E-state index contributed by atoms with van der Waals surface area (Å²) in [6, 6.07) is 9.21. The first kappa shape index (κ1) is 15.2. The SMILES string of the molecule is CC(C)Cc1ccc(C(C)NCCC(C)O)cc1. The van der Waals surface area contributed by atoms with Crippen molar-refractivity contribution in [3.63, 3.8) is 0 Å². The van der Waals surface area contributed by atoms with E-state index in [-0.39, 0.29) is 6.10 Å². The quantitative estimate of drug-likeness (QED) is 0.777. The fourth-order valence-electron chi connectivity index (χ4n) is 2.04. The lowest BCUT2D eigenvalue weighted by molar-refractivity contribution is 0.182. The molecule has 2 nitrogen and oxygen atoms in total. The molecule has 1 aromatic rings. The zero-order valence-corrected chi connectivity index (χ0v) is 12.1. The van der Waals surface area contributed by atoms with Crippen LogP contribution in [-0.2, 0) is 6.42 Å². The highest BCUT2D eigenvalue weighted by Crippen LogP contribution is 2.15. The molecule has 2 unspecified atom stereocenters. The highest BCUT2D eigenvalue weighted by Gasteiger charge is 2.05. The molecule has 0 saturated carbocycles. The summed E-state index contributed by atoms with van der Waals surface area (Å²) >= 11 is 0. The molecule has 0 heterocycles. The lowest BCUT2D eigenvalue weighted by atomic mass is 10.00. The number of benzene rings is 1. The van der Waals surface area contributed by atoms with E-state index in [1.807, 2.05) is 6.92 Å². The molecule has 0 saturated heterocycles. The Morgan fingerprint density at radius 2 is 1.67 bits per heavy atom. The standard InChI is InChI=1S/C16H27NO/c1-12(2)11-15-5-7-16(8-6-15)14(4)17-10-9-13(3)18/h5-8,12-14,17-18H,9-11H2,1-4H3. The summed E-state index contributed by atoms with van der Waals surface area (Å²) in [7, 11) is 0. The Morgan fingerprint density at radius 3 is 2.17 bits per heavy atom. The van der Waals surface area contributed by atoms with Gasteiger partial charge in [0.05, 0.1) is 6.10 Å². The molecule has 2 atom stereocenters. The van der Waals surface area contributed by atoms with Crippen LogP contribution in [-0.4, -0.2) is 17.8 Å². The number of nitrogens with one attached hydrogen (secondary N) is 1. The first-order valence-corrected chi connectivity index (χ1v) is 6.99. The largest absolute Gasteiger partial charge is 0.393 e. The summed E-state index contributed by atoms with van der Waals surface area (Å²) in [5, 5.41) is 12.6. The molecule has 0 spiro atoms. The van der Waals surface area contributed by atoms with Gasteiger partial charge < -0.3 is 10.4 Å². The molecule has 0 amide bonds. The molecule has 102 valence electrons. The maximum absolute atomic E-state index is 9.22. The van der Waals surface area contributed by atoms with Crippen LogP contribution in [0.5, 0.6) is 0 Å². The summed E-state index contributed by atoms with van der Waals surface area (Å²) in [5.74, 6) is 0.706. The third-order valence-corrected chi connectivity index (χ3v) is 3.14. The van der Waals surface area contributed by atoms with Crippen LogP contribution in [0, 0.1) is 5.92 Å². The van der Waals surface area contributed by atoms with Crippen molar-refractivity contribution in [2.45, 2.75) is 52.7 Å². The number of aliphatic hydroxyl groups is 1. The van der Waals surface area contributed by atoms with Crippen LogP contribution in [0.3, 0.4) is 0 Å². The fourth-order valence-corrected chi connectivity index (χ4v) is 2.04. The third kappa shape index (κ3) is 5.65. The Labute approximate surface area is 111 Å². The average molecular weight is 249 g/mol. The van der Waals surface area contributed by atoms with Gasteiger partial charge in [-0.2, -0.15) is 0 Å². The van der Waals surface area contributed by atoms with Gasteiger partial charge in [-0.05, 0) is 50.3 Å². The van der Waals surface area contributed by atoms with E-state index in [0.29, 0.717) is 12.0 Å². The number of hydrogen-bond acceptors (Lipinski definition) is 2. The topological polar surface area (TPSA) is 32.3 Å². The Bertz CT molecular complexity index is 329. The van der Waals surface area contributed by atoms with Gasteiger partial charge in [0.1, 0.15) is 0 Å². The van der Waals surface area contributed by atoms with Crippen LogP contribution in [0.4, 0.5) is 0 Å². The molecule has 0 aliphatic rings. The average Bonchev–Trinajstić information content (AvgIpc) is 2.28. The molecule has 0 aliphatic carbocycles. The van der Waals surface area contributed by atoms with Gasteiger partial charge in [0, 0.05) is 6.04 Å². The second-order valence-corrected chi connectivity index (χ2v) is 5.65. The normalized spacial score (nSPS) is 14.8. The van der Waals surface area contributed by atoms with Gasteiger partial charge >= 0.3 is 0 Å². The van der Waals surface area contributed by atoms with Crippen molar-refractivity contribution in [3.05, 3.63) is 35.4 Å². The highest BCUT2D eigenvalue weighted by molar-refractivity contribution is 5.25. The molecule has 0 radical (unpaired) electrons. The van der Waals surface area contributed by atoms with E-state index in [4.69, 9.17) is 0 Å². The van der Waals surface area contributed by atoms with Crippen molar-refractivity contribution >= 4 is 0 Å². The van der Waals surface area contributed by atoms with Crippen LogP contribution >= 0.6 is 0 Å².